The van der Waals surface area contributed by atoms with Crippen LogP contribution < -0.4 is 5.32 Å². The van der Waals surface area contributed by atoms with Gasteiger partial charge in [0, 0.05) is 18.4 Å². The van der Waals surface area contributed by atoms with E-state index < -0.39 is 0 Å². The Kier molecular flexibility index (Phi) is 3.57. The predicted octanol–water partition coefficient (Wildman–Crippen LogP) is 1.73. The van der Waals surface area contributed by atoms with E-state index in [-0.39, 0.29) is 0 Å². The molecule has 0 radical (unpaired) electrons. The Morgan fingerprint density at radius 1 is 1.40 bits per heavy atom. The lowest BCUT2D eigenvalue weighted by Crippen LogP contribution is -2.12. The zero-order valence-electron chi connectivity index (χ0n) is 8.57. The highest BCUT2D eigenvalue weighted by Gasteiger charge is 2.05. The average Bonchev–Trinajstić information content (AvgIpc) is 2.90. The fourth-order valence-corrected chi connectivity index (χ4v) is 1.63. The second-order valence-electron chi connectivity index (χ2n) is 3.45. The molecule has 0 bridgehead atoms. The molecule has 0 atom stereocenters. The number of aryl methyl sites for hydroxylation is 1. The van der Waals surface area contributed by atoms with Crippen molar-refractivity contribution in [3.05, 3.63) is 42.0 Å². The lowest BCUT2D eigenvalue weighted by Gasteiger charge is -1.95. The Labute approximate surface area is 88.7 Å². The third kappa shape index (κ3) is 2.95. The largest absolute Gasteiger partial charge is 0.365 e. The molecule has 2 aromatic heterocycles. The van der Waals surface area contributed by atoms with E-state index in [1.807, 2.05) is 6.20 Å². The van der Waals surface area contributed by atoms with E-state index in [9.17, 15) is 0 Å². The second kappa shape index (κ2) is 5.36. The highest BCUT2D eigenvalue weighted by atomic mass is 16.5. The number of nitrogens with one attached hydrogen (secondary N) is 2. The van der Waals surface area contributed by atoms with E-state index >= 15 is 0 Å². The number of aromatic amines is 1. The maximum atomic E-state index is 4.33. The minimum Gasteiger partial charge on any atom is -0.365 e. The summed E-state index contributed by atoms with van der Waals surface area (Å²) >= 11 is 0. The molecule has 15 heavy (non-hydrogen) atoms. The average molecular weight is 205 g/mol. The van der Waals surface area contributed by atoms with Gasteiger partial charge >= 0.3 is 0 Å². The summed E-state index contributed by atoms with van der Waals surface area (Å²) in [5.74, 6) is 0. The van der Waals surface area contributed by atoms with Crippen LogP contribution >= 0.6 is 0 Å². The third-order valence-electron chi connectivity index (χ3n) is 2.38. The minimum atomic E-state index is 1.02. The Hall–Kier alpha value is -1.55. The van der Waals surface area contributed by atoms with E-state index in [1.165, 1.54) is 30.4 Å². The standard InChI is InChI=1S/C8H12N2.C3H3NO/c1-2-7-3-5-10-8(7)6-9-4-1;1-2-4-5-3-1/h3,5,9-10H,1-2,4,6H2;1-3H. The van der Waals surface area contributed by atoms with Gasteiger partial charge in [-0.25, -0.2) is 0 Å². The van der Waals surface area contributed by atoms with Gasteiger partial charge in [-0.1, -0.05) is 5.16 Å². The van der Waals surface area contributed by atoms with Gasteiger partial charge in [-0.15, -0.1) is 0 Å². The van der Waals surface area contributed by atoms with Gasteiger partial charge in [0.1, 0.15) is 6.26 Å². The van der Waals surface area contributed by atoms with Crippen molar-refractivity contribution in [2.24, 2.45) is 0 Å². The SMILES string of the molecule is c1cc2c([nH]1)CNCCC2.c1cnoc1. The molecule has 0 unspecified atom stereocenters. The number of hydrogen-bond donors (Lipinski definition) is 2. The highest BCUT2D eigenvalue weighted by Crippen LogP contribution is 2.11. The lowest BCUT2D eigenvalue weighted by molar-refractivity contribution is 0.420. The maximum Gasteiger partial charge on any atom is 0.123 e. The molecule has 0 fully saturated rings. The molecule has 0 aromatic carbocycles. The normalized spacial score (nSPS) is 14.7. The van der Waals surface area contributed by atoms with Crippen molar-refractivity contribution >= 4 is 0 Å². The van der Waals surface area contributed by atoms with E-state index in [4.69, 9.17) is 0 Å². The van der Waals surface area contributed by atoms with Crippen LogP contribution in [0.3, 0.4) is 0 Å². The molecule has 1 aliphatic rings. The quantitative estimate of drug-likeness (QED) is 0.688. The molecule has 4 heteroatoms. The van der Waals surface area contributed by atoms with Crippen LogP contribution in [0.5, 0.6) is 0 Å². The zero-order valence-corrected chi connectivity index (χ0v) is 8.57. The summed E-state index contributed by atoms with van der Waals surface area (Å²) in [7, 11) is 0. The smallest absolute Gasteiger partial charge is 0.123 e. The minimum absolute atomic E-state index is 1.02. The first-order valence-corrected chi connectivity index (χ1v) is 5.17. The first-order chi connectivity index (χ1) is 7.47. The molecule has 0 saturated heterocycles. The number of nitrogens with zero attached hydrogens (tertiary/aromatic N) is 1. The van der Waals surface area contributed by atoms with Crippen molar-refractivity contribution in [1.82, 2.24) is 15.5 Å². The molecular weight excluding hydrogens is 190 g/mol. The number of rotatable bonds is 0. The molecule has 80 valence electrons. The van der Waals surface area contributed by atoms with Gasteiger partial charge in [-0.2, -0.15) is 0 Å². The molecule has 0 aliphatic carbocycles. The summed E-state index contributed by atoms with van der Waals surface area (Å²) in [4.78, 5) is 3.24. The lowest BCUT2D eigenvalue weighted by atomic mass is 10.1. The van der Waals surface area contributed by atoms with Gasteiger partial charge in [-0.3, -0.25) is 0 Å². The summed E-state index contributed by atoms with van der Waals surface area (Å²) in [5.41, 5.74) is 2.86. The topological polar surface area (TPSA) is 53.9 Å². The molecule has 0 spiro atoms. The van der Waals surface area contributed by atoms with E-state index in [1.54, 1.807) is 12.3 Å². The van der Waals surface area contributed by atoms with Crippen molar-refractivity contribution in [3.63, 3.8) is 0 Å². The van der Waals surface area contributed by atoms with Crippen LogP contribution in [0.4, 0.5) is 0 Å². The highest BCUT2D eigenvalue weighted by molar-refractivity contribution is 5.21. The molecule has 4 nitrogen and oxygen atoms in total. The van der Waals surface area contributed by atoms with Crippen LogP contribution in [-0.2, 0) is 13.0 Å². The molecule has 2 N–H and O–H groups in total. The van der Waals surface area contributed by atoms with Gasteiger partial charge in [-0.05, 0) is 37.1 Å². The van der Waals surface area contributed by atoms with Crippen molar-refractivity contribution in [2.45, 2.75) is 19.4 Å². The van der Waals surface area contributed by atoms with Crippen molar-refractivity contribution < 1.29 is 4.52 Å². The first-order valence-electron chi connectivity index (χ1n) is 5.17. The molecule has 1 aliphatic heterocycles. The molecule has 3 rings (SSSR count). The Balaban J connectivity index is 0.000000144. The summed E-state index contributed by atoms with van der Waals surface area (Å²) in [5, 5.41) is 6.71. The maximum absolute atomic E-state index is 4.33. The third-order valence-corrected chi connectivity index (χ3v) is 2.38. The van der Waals surface area contributed by atoms with E-state index in [2.05, 4.69) is 26.0 Å². The van der Waals surface area contributed by atoms with Gasteiger partial charge in [0.15, 0.2) is 0 Å². The molecule has 2 aromatic rings. The number of fused-ring (bicyclic) bond motifs is 1. The van der Waals surface area contributed by atoms with Crippen LogP contribution in [0.15, 0.2) is 35.3 Å². The van der Waals surface area contributed by atoms with Crippen molar-refractivity contribution in [3.8, 4) is 0 Å². The Morgan fingerprint density at radius 3 is 3.13 bits per heavy atom. The molecular formula is C11H15N3O. The Morgan fingerprint density at radius 2 is 2.40 bits per heavy atom. The van der Waals surface area contributed by atoms with Crippen LogP contribution in [0.2, 0.25) is 0 Å². The van der Waals surface area contributed by atoms with E-state index in [0.717, 1.165) is 13.1 Å². The van der Waals surface area contributed by atoms with Crippen LogP contribution in [0, 0.1) is 0 Å². The Bertz CT molecular complexity index is 329. The van der Waals surface area contributed by atoms with Gasteiger partial charge in [0.2, 0.25) is 0 Å². The molecule has 0 amide bonds. The zero-order chi connectivity index (χ0) is 10.3. The second-order valence-corrected chi connectivity index (χ2v) is 3.45. The van der Waals surface area contributed by atoms with Crippen LogP contribution in [0.1, 0.15) is 17.7 Å². The number of H-pyrrole nitrogens is 1. The summed E-state index contributed by atoms with van der Waals surface area (Å²) in [6.45, 7) is 2.17. The molecule has 3 heterocycles. The van der Waals surface area contributed by atoms with Crippen molar-refractivity contribution in [2.75, 3.05) is 6.54 Å². The predicted molar refractivity (Wildman–Crippen MR) is 57.3 cm³/mol. The fourth-order valence-electron chi connectivity index (χ4n) is 1.63. The molecule has 0 saturated carbocycles. The number of hydrogen-bond acceptors (Lipinski definition) is 3. The van der Waals surface area contributed by atoms with Crippen molar-refractivity contribution in [1.29, 1.82) is 0 Å². The van der Waals surface area contributed by atoms with E-state index in [0.29, 0.717) is 0 Å². The first kappa shape index (κ1) is 9.98. The van der Waals surface area contributed by atoms with Gasteiger partial charge in [0.05, 0.1) is 6.20 Å². The summed E-state index contributed by atoms with van der Waals surface area (Å²) in [6.07, 6.45) is 7.62. The summed E-state index contributed by atoms with van der Waals surface area (Å²) in [6, 6.07) is 3.91. The fraction of sp³-hybridized carbons (Fsp3) is 0.364. The summed E-state index contributed by atoms with van der Waals surface area (Å²) < 4.78 is 4.33. The van der Waals surface area contributed by atoms with Crippen LogP contribution in [-0.4, -0.2) is 16.7 Å². The van der Waals surface area contributed by atoms with Gasteiger partial charge < -0.3 is 14.8 Å². The van der Waals surface area contributed by atoms with Gasteiger partial charge in [0.25, 0.3) is 0 Å². The van der Waals surface area contributed by atoms with Crippen LogP contribution in [0.25, 0.3) is 0 Å². The number of aromatic nitrogens is 2. The monoisotopic (exact) mass is 205 g/mol.